The van der Waals surface area contributed by atoms with E-state index in [4.69, 9.17) is 41.6 Å². The minimum Gasteiger partial charge on any atom is -0.444 e. The highest BCUT2D eigenvalue weighted by Gasteiger charge is 2.32. The zero-order chi connectivity index (χ0) is 61.2. The molecule has 26 heteroatoms. The maximum Gasteiger partial charge on any atom is 0.410 e. The number of aromatic nitrogens is 9. The van der Waals surface area contributed by atoms with Crippen molar-refractivity contribution in [1.29, 1.82) is 0 Å². The number of amides is 6. The van der Waals surface area contributed by atoms with Crippen LogP contribution in [0.1, 0.15) is 154 Å². The Kier molecular flexibility index (Phi) is 21.9. The normalized spacial score (nSPS) is 16.8. The maximum absolute atomic E-state index is 12.6. The third-order valence-electron chi connectivity index (χ3n) is 14.7. The van der Waals surface area contributed by atoms with E-state index in [2.05, 4.69) is 85.3 Å². The second-order valence-corrected chi connectivity index (χ2v) is 26.8. The van der Waals surface area contributed by atoms with E-state index >= 15 is 0 Å². The Morgan fingerprint density at radius 3 is 1.29 bits per heavy atom. The summed E-state index contributed by atoms with van der Waals surface area (Å²) in [7, 11) is 0. The Labute approximate surface area is 532 Å². The lowest BCUT2D eigenvalue weighted by atomic mass is 9.95. The smallest absolute Gasteiger partial charge is 0.410 e. The molecule has 89 heavy (non-hydrogen) atoms. The van der Waals surface area contributed by atoms with Gasteiger partial charge in [0.2, 0.25) is 0 Å². The molecule has 0 aromatic carbocycles. The van der Waals surface area contributed by atoms with Crippen LogP contribution in [0.15, 0.2) is 71.5 Å². The van der Waals surface area contributed by atoms with Crippen molar-refractivity contribution in [2.75, 3.05) is 55.6 Å². The highest BCUT2D eigenvalue weighted by Crippen LogP contribution is 2.36. The zero-order valence-corrected chi connectivity index (χ0v) is 52.4. The third-order valence-corrected chi connectivity index (χ3v) is 17.9. The highest BCUT2D eigenvalue weighted by molar-refractivity contribution is 7.14. The van der Waals surface area contributed by atoms with Crippen molar-refractivity contribution in [2.45, 2.75) is 152 Å². The molecular formula is C63H87N17O6S3. The van der Waals surface area contributed by atoms with E-state index in [9.17, 15) is 19.2 Å². The number of ether oxygens (including phenoxy) is 2. The average molecular weight is 1270 g/mol. The number of hydrogen-bond acceptors (Lipinski definition) is 17. The van der Waals surface area contributed by atoms with Crippen LogP contribution in [0.3, 0.4) is 0 Å². The van der Waals surface area contributed by atoms with E-state index in [0.29, 0.717) is 66.5 Å². The number of piperidine rings is 3. The summed E-state index contributed by atoms with van der Waals surface area (Å²) in [6.45, 7) is 21.9. The first-order valence-electron chi connectivity index (χ1n) is 28.8. The second kappa shape index (κ2) is 28.5. The fraction of sp³-hybridized carbons (Fsp3) is 0.460. The van der Waals surface area contributed by atoms with Gasteiger partial charge < -0.3 is 41.8 Å². The van der Waals surface area contributed by atoms with Crippen LogP contribution in [-0.2, 0) is 9.47 Å². The molecular weight excluding hydrogens is 1190 g/mol. The van der Waals surface area contributed by atoms with E-state index in [1.54, 1.807) is 62.4 Å². The number of rotatable bonds is 8. The minimum atomic E-state index is -0.697. The first-order chi connectivity index (χ1) is 40.9. The van der Waals surface area contributed by atoms with Gasteiger partial charge in [0.15, 0.2) is 34.4 Å². The number of nitrogens with two attached hydrogens (primary N) is 3. The van der Waals surface area contributed by atoms with Crippen LogP contribution in [0, 0.1) is 20.8 Å². The highest BCUT2D eigenvalue weighted by atomic mass is 32.1. The number of primary amides is 2. The molecule has 23 nitrogen and oxygen atoms in total. The number of hydrogen-bond donors (Lipinski definition) is 6. The number of urea groups is 2. The third kappa shape index (κ3) is 16.4. The predicted octanol–water partition coefficient (Wildman–Crippen LogP) is 13.5. The summed E-state index contributed by atoms with van der Waals surface area (Å²) in [6, 6.07) is 5.02. The van der Waals surface area contributed by atoms with Crippen LogP contribution < -0.4 is 33.2 Å². The number of imidazole rings is 3. The summed E-state index contributed by atoms with van der Waals surface area (Å²) >= 11 is 4.97. The quantitative estimate of drug-likeness (QED) is 0.0825. The van der Waals surface area contributed by atoms with Gasteiger partial charge in [0.1, 0.15) is 11.2 Å². The number of nitrogens with one attached hydrogen (secondary N) is 3. The van der Waals surface area contributed by atoms with Gasteiger partial charge in [-0.15, -0.1) is 34.0 Å². The minimum absolute atomic E-state index is 0. The van der Waals surface area contributed by atoms with Crippen molar-refractivity contribution in [1.82, 2.24) is 58.2 Å². The van der Waals surface area contributed by atoms with E-state index in [1.807, 2.05) is 74.1 Å². The first kappa shape index (κ1) is 68.3. The lowest BCUT2D eigenvalue weighted by Gasteiger charge is -2.33. The first-order valence-corrected chi connectivity index (χ1v) is 31.4. The van der Waals surface area contributed by atoms with Crippen LogP contribution in [0.5, 0.6) is 0 Å². The molecule has 3 aliphatic heterocycles. The SMILES string of the molecule is C.C.C.Cc1csc(-c2cnc(N)c3nc(C4CCCN(C(=O)OC(C)(C)C)C4)cn23)c1.Cc1csc(-c2cnc(NC(N)=O)c3nc(C4CCCN(C(=O)OC(C)(C)C)C4)cn23)c1.Cc1csc(-c2cnc(NC(N)=O)c3nc(C4CCCNC4)cn23)c1. The van der Waals surface area contributed by atoms with E-state index in [-0.39, 0.29) is 46.3 Å². The summed E-state index contributed by atoms with van der Waals surface area (Å²) in [5.41, 5.74) is 26.7. The fourth-order valence-corrected chi connectivity index (χ4v) is 13.5. The number of carbonyl (C=O) groups excluding carboxylic acids is 4. The van der Waals surface area contributed by atoms with Crippen LogP contribution >= 0.6 is 34.0 Å². The van der Waals surface area contributed by atoms with Crippen molar-refractivity contribution in [3.8, 4) is 31.7 Å². The number of aryl methyl sites for hydroxylation is 3. The molecule has 0 radical (unpaired) electrons. The Morgan fingerprint density at radius 2 is 0.933 bits per heavy atom. The average Bonchev–Trinajstić information content (AvgIpc) is 1.85. The van der Waals surface area contributed by atoms with Crippen LogP contribution in [0.25, 0.3) is 48.7 Å². The largest absolute Gasteiger partial charge is 0.444 e. The molecule has 9 N–H and O–H groups in total. The van der Waals surface area contributed by atoms with Gasteiger partial charge in [0.25, 0.3) is 0 Å². The topological polar surface area (TPSA) is 298 Å². The number of anilines is 3. The van der Waals surface area contributed by atoms with Gasteiger partial charge in [-0.25, -0.2) is 49.1 Å². The maximum atomic E-state index is 12.6. The van der Waals surface area contributed by atoms with Gasteiger partial charge in [-0.1, -0.05) is 22.3 Å². The molecule has 0 spiro atoms. The molecule has 3 fully saturated rings. The molecule has 0 saturated carbocycles. The van der Waals surface area contributed by atoms with Crippen molar-refractivity contribution < 1.29 is 28.7 Å². The number of nitrogens with zero attached hydrogens (tertiary/aromatic N) is 11. The van der Waals surface area contributed by atoms with Crippen molar-refractivity contribution >= 4 is 92.7 Å². The molecule has 0 aliphatic carbocycles. The Balaban J connectivity index is 0.000000188. The second-order valence-electron chi connectivity index (χ2n) is 24.1. The summed E-state index contributed by atoms with van der Waals surface area (Å²) in [5, 5.41) is 14.9. The molecule has 6 amide bonds. The number of thiophene rings is 3. The van der Waals surface area contributed by atoms with Crippen LogP contribution in [0.4, 0.5) is 36.6 Å². The zero-order valence-electron chi connectivity index (χ0n) is 50.0. The Morgan fingerprint density at radius 1 is 0.562 bits per heavy atom. The molecule has 12 heterocycles. The molecule has 3 unspecified atom stereocenters. The molecule has 0 bridgehead atoms. The molecule has 9 aromatic heterocycles. The summed E-state index contributed by atoms with van der Waals surface area (Å²) in [5.74, 6) is 1.67. The lowest BCUT2D eigenvalue weighted by Crippen LogP contribution is -2.42. The fourth-order valence-electron chi connectivity index (χ4n) is 10.8. The number of fused-ring (bicyclic) bond motifs is 3. The molecule has 478 valence electrons. The molecule has 9 aromatic rings. The van der Waals surface area contributed by atoms with Gasteiger partial charge in [-0.2, -0.15) is 0 Å². The van der Waals surface area contributed by atoms with Gasteiger partial charge in [-0.3, -0.25) is 23.8 Å². The Hall–Kier alpha value is -8.20. The summed E-state index contributed by atoms with van der Waals surface area (Å²) < 4.78 is 17.1. The van der Waals surface area contributed by atoms with Gasteiger partial charge in [0, 0.05) is 69.1 Å². The van der Waals surface area contributed by atoms with Crippen molar-refractivity contribution in [2.24, 2.45) is 11.5 Å². The summed E-state index contributed by atoms with van der Waals surface area (Å²) in [4.78, 5) is 82.2. The molecule has 12 rings (SSSR count). The molecule has 3 saturated heterocycles. The monoisotopic (exact) mass is 1270 g/mol. The van der Waals surface area contributed by atoms with Crippen LogP contribution in [0.2, 0.25) is 0 Å². The van der Waals surface area contributed by atoms with Crippen LogP contribution in [-0.4, -0.2) is 128 Å². The predicted molar refractivity (Wildman–Crippen MR) is 359 cm³/mol. The van der Waals surface area contributed by atoms with E-state index in [1.165, 1.54) is 11.1 Å². The van der Waals surface area contributed by atoms with E-state index < -0.39 is 23.3 Å². The van der Waals surface area contributed by atoms with Gasteiger partial charge in [-0.05, 0) is 158 Å². The van der Waals surface area contributed by atoms with E-state index in [0.717, 1.165) is 106 Å². The molecule has 3 atom stereocenters. The van der Waals surface area contributed by atoms with Crippen molar-refractivity contribution in [3.63, 3.8) is 0 Å². The lowest BCUT2D eigenvalue weighted by molar-refractivity contribution is 0.0187. The number of likely N-dealkylation sites (tertiary alicyclic amines) is 2. The number of nitrogen functional groups attached to an aromatic ring is 1. The van der Waals surface area contributed by atoms with Gasteiger partial charge in [0.05, 0.1) is 67.4 Å². The molecule has 3 aliphatic rings. The summed E-state index contributed by atoms with van der Waals surface area (Å²) in [6.07, 6.45) is 16.7. The standard InChI is InChI=1S/C22H28N6O3S.C21H27N5O2S.C17H20N6OS.3CH4/c1-13-8-17(32-12-13)16-9-24-18(26-20(23)29)19-25-15(11-28(16)19)14-6-5-7-27(10-14)21(30)31-22(2,3)4;1-13-8-17(29-12-13)16-9-23-18(22)19-24-15(11-26(16)19)14-6-5-7-25(10-14)20(27)28-21(2,3)4;1-10-5-14(25-9-10)13-7-20-15(22-17(18)24)16-21-12(8-23(13)16)11-3-2-4-19-6-11;;;/h8-9,11-12,14H,5-7,10H2,1-4H3,(H3,23,24,26,29);8-9,11-12,14H,5-7,10H2,1-4H3,(H2,22,23);5,7-9,11,19H,2-4,6H2,1H3,(H3,18,20,22,24);3*1H4. The van der Waals surface area contributed by atoms with Gasteiger partial charge >= 0.3 is 24.2 Å². The van der Waals surface area contributed by atoms with Crippen molar-refractivity contribution in [3.05, 3.63) is 105 Å². The Bertz CT molecular complexity index is 3930. The number of carbonyl (C=O) groups is 4.